The Morgan fingerprint density at radius 1 is 1.24 bits per heavy atom. The Morgan fingerprint density at radius 3 is 2.83 bits per heavy atom. The zero-order valence-electron chi connectivity index (χ0n) is 22.7. The molecule has 0 unspecified atom stereocenters. The van der Waals surface area contributed by atoms with Gasteiger partial charge in [-0.1, -0.05) is 25.6 Å². The Hall–Kier alpha value is -4.94. The van der Waals surface area contributed by atoms with Crippen LogP contribution in [0.4, 0.5) is 10.2 Å². The first-order chi connectivity index (χ1) is 19.8. The van der Waals surface area contributed by atoms with Crippen LogP contribution in [0.5, 0.6) is 5.75 Å². The summed E-state index contributed by atoms with van der Waals surface area (Å²) >= 11 is 0. The summed E-state index contributed by atoms with van der Waals surface area (Å²) in [5.41, 5.74) is 0.229. The Bertz CT molecular complexity index is 1780. The average Bonchev–Trinajstić information content (AvgIpc) is 3.43. The number of halogens is 1. The standard InChI is InChI=1S/C28H27FN8O4/c1-5-21(38)35-10-11-36(16(4)14-35)26-17-13-18(29)23-25-31-20(41-34-25)7-6-12-40-19-8-9-30-22(15(2)3)24(19)37(27(17)32-23)28(39)33-26/h5-6,8-9,12-13,15-16H,1,7,10-11,14H2,2-4H3/b12-6-/t16-/m0/s1. The minimum absolute atomic E-state index is 0.0502. The van der Waals surface area contributed by atoms with Gasteiger partial charge in [-0.2, -0.15) is 9.97 Å². The lowest BCUT2D eigenvalue weighted by molar-refractivity contribution is -0.126. The molecule has 41 heavy (non-hydrogen) atoms. The Kier molecular flexibility index (Phi) is 6.56. The molecule has 0 saturated carbocycles. The molecule has 210 valence electrons. The molecule has 0 aromatic carbocycles. The van der Waals surface area contributed by atoms with Crippen LogP contribution in [0.15, 0.2) is 52.6 Å². The van der Waals surface area contributed by atoms with Gasteiger partial charge in [-0.25, -0.2) is 18.7 Å². The summed E-state index contributed by atoms with van der Waals surface area (Å²) in [7, 11) is 0. The van der Waals surface area contributed by atoms with Gasteiger partial charge in [0, 0.05) is 44.4 Å². The molecule has 4 bridgehead atoms. The van der Waals surface area contributed by atoms with Crippen LogP contribution in [0.2, 0.25) is 0 Å². The van der Waals surface area contributed by atoms with E-state index in [9.17, 15) is 9.59 Å². The number of carbonyl (C=O) groups excluding carboxylic acids is 1. The van der Waals surface area contributed by atoms with E-state index in [0.29, 0.717) is 42.2 Å². The van der Waals surface area contributed by atoms with Gasteiger partial charge in [0.15, 0.2) is 17.2 Å². The fraction of sp³-hybridized carbons (Fsp3) is 0.321. The molecule has 0 spiro atoms. The molecule has 2 aliphatic heterocycles. The maximum Gasteiger partial charge on any atom is 0.356 e. The molecule has 0 aliphatic carbocycles. The lowest BCUT2D eigenvalue weighted by Gasteiger charge is -2.40. The van der Waals surface area contributed by atoms with E-state index >= 15 is 4.39 Å². The third-order valence-corrected chi connectivity index (χ3v) is 7.14. The molecule has 13 heteroatoms. The Morgan fingerprint density at radius 2 is 2.07 bits per heavy atom. The normalized spacial score (nSPS) is 17.4. The molecule has 6 heterocycles. The number of carbonyl (C=O) groups is 1. The van der Waals surface area contributed by atoms with Gasteiger partial charge in [-0.05, 0) is 31.1 Å². The fourth-order valence-electron chi connectivity index (χ4n) is 5.18. The zero-order valence-corrected chi connectivity index (χ0v) is 22.7. The molecule has 1 fully saturated rings. The topological polar surface area (TPSA) is 132 Å². The minimum atomic E-state index is -0.705. The molecule has 1 saturated heterocycles. The van der Waals surface area contributed by atoms with Crippen LogP contribution in [0, 0.1) is 5.82 Å². The van der Waals surface area contributed by atoms with Crippen molar-refractivity contribution in [2.24, 2.45) is 0 Å². The van der Waals surface area contributed by atoms with E-state index in [1.54, 1.807) is 23.2 Å². The van der Waals surface area contributed by atoms with Crippen molar-refractivity contribution in [3.63, 3.8) is 0 Å². The fourth-order valence-corrected chi connectivity index (χ4v) is 5.18. The van der Waals surface area contributed by atoms with Crippen molar-refractivity contribution in [2.45, 2.75) is 39.2 Å². The number of fused-ring (bicyclic) bond motifs is 6. The highest BCUT2D eigenvalue weighted by Crippen LogP contribution is 2.35. The summed E-state index contributed by atoms with van der Waals surface area (Å²) in [6.07, 6.45) is 6.25. The Labute approximate surface area is 233 Å². The van der Waals surface area contributed by atoms with Crippen molar-refractivity contribution in [1.29, 1.82) is 0 Å². The second-order valence-corrected chi connectivity index (χ2v) is 10.2. The number of ether oxygens (including phenoxy) is 1. The van der Waals surface area contributed by atoms with Crippen molar-refractivity contribution in [1.82, 2.24) is 34.6 Å². The van der Waals surface area contributed by atoms with E-state index in [0.717, 1.165) is 0 Å². The predicted molar refractivity (Wildman–Crippen MR) is 147 cm³/mol. The highest BCUT2D eigenvalue weighted by Gasteiger charge is 2.31. The number of hydrogen-bond acceptors (Lipinski definition) is 10. The third kappa shape index (κ3) is 4.52. The number of anilines is 1. The van der Waals surface area contributed by atoms with Crippen LogP contribution in [0.25, 0.3) is 28.2 Å². The number of allylic oxidation sites excluding steroid dienone is 1. The zero-order chi connectivity index (χ0) is 28.8. The summed E-state index contributed by atoms with van der Waals surface area (Å²) in [5, 5.41) is 4.21. The van der Waals surface area contributed by atoms with E-state index in [-0.39, 0.29) is 53.2 Å². The van der Waals surface area contributed by atoms with Crippen LogP contribution in [-0.4, -0.2) is 66.1 Å². The molecular weight excluding hydrogens is 531 g/mol. The van der Waals surface area contributed by atoms with Crippen LogP contribution >= 0.6 is 0 Å². The molecule has 1 amide bonds. The van der Waals surface area contributed by atoms with Gasteiger partial charge in [0.25, 0.3) is 0 Å². The van der Waals surface area contributed by atoms with Gasteiger partial charge in [-0.3, -0.25) is 9.78 Å². The van der Waals surface area contributed by atoms with E-state index in [1.807, 2.05) is 25.7 Å². The van der Waals surface area contributed by atoms with Crippen LogP contribution < -0.4 is 15.3 Å². The number of amides is 1. The molecule has 6 rings (SSSR count). The third-order valence-electron chi connectivity index (χ3n) is 7.14. The summed E-state index contributed by atoms with van der Waals surface area (Å²) in [5.74, 6) is -0.197. The van der Waals surface area contributed by atoms with E-state index in [4.69, 9.17) is 9.26 Å². The predicted octanol–water partition coefficient (Wildman–Crippen LogP) is 3.16. The van der Waals surface area contributed by atoms with Crippen molar-refractivity contribution >= 4 is 22.8 Å². The van der Waals surface area contributed by atoms with Gasteiger partial charge < -0.3 is 19.1 Å². The van der Waals surface area contributed by atoms with Crippen LogP contribution in [0.3, 0.4) is 0 Å². The lowest BCUT2D eigenvalue weighted by atomic mass is 10.1. The second-order valence-electron chi connectivity index (χ2n) is 10.2. The molecule has 1 atom stereocenters. The minimum Gasteiger partial charge on any atom is -0.463 e. The first kappa shape index (κ1) is 26.3. The van der Waals surface area contributed by atoms with Gasteiger partial charge in [0.2, 0.25) is 17.6 Å². The monoisotopic (exact) mass is 558 g/mol. The first-order valence-corrected chi connectivity index (χ1v) is 13.2. The molecule has 4 aromatic rings. The molecule has 2 aliphatic rings. The molecular formula is C28H27FN8O4. The average molecular weight is 559 g/mol. The largest absolute Gasteiger partial charge is 0.463 e. The summed E-state index contributed by atoms with van der Waals surface area (Å²) in [6, 6.07) is 2.69. The number of hydrogen-bond donors (Lipinski definition) is 0. The maximum atomic E-state index is 15.8. The van der Waals surface area contributed by atoms with Gasteiger partial charge >= 0.3 is 5.69 Å². The number of nitrogens with zero attached hydrogens (tertiary/aromatic N) is 8. The van der Waals surface area contributed by atoms with Crippen LogP contribution in [0.1, 0.15) is 38.3 Å². The van der Waals surface area contributed by atoms with Crippen molar-refractivity contribution < 1.29 is 18.4 Å². The molecule has 0 radical (unpaired) electrons. The number of rotatable bonds is 3. The number of piperazine rings is 1. The quantitative estimate of drug-likeness (QED) is 0.345. The van der Waals surface area contributed by atoms with E-state index < -0.39 is 11.5 Å². The van der Waals surface area contributed by atoms with Crippen molar-refractivity contribution in [3.8, 4) is 23.0 Å². The molecule has 0 N–H and O–H groups in total. The Balaban J connectivity index is 1.65. The number of aromatic nitrogens is 6. The molecule has 12 nitrogen and oxygen atoms in total. The van der Waals surface area contributed by atoms with Gasteiger partial charge in [0.05, 0.1) is 17.3 Å². The van der Waals surface area contributed by atoms with E-state index in [1.165, 1.54) is 23.0 Å². The summed E-state index contributed by atoms with van der Waals surface area (Å²) in [6.45, 7) is 10.5. The van der Waals surface area contributed by atoms with Crippen LogP contribution in [-0.2, 0) is 11.2 Å². The summed E-state index contributed by atoms with van der Waals surface area (Å²) < 4.78 is 28.3. The van der Waals surface area contributed by atoms with Crippen molar-refractivity contribution in [2.75, 3.05) is 24.5 Å². The molecule has 4 aromatic heterocycles. The van der Waals surface area contributed by atoms with Crippen molar-refractivity contribution in [3.05, 3.63) is 71.2 Å². The summed E-state index contributed by atoms with van der Waals surface area (Å²) in [4.78, 5) is 47.7. The SMILES string of the molecule is C=CC(=O)N1CCN(c2nc(=O)n3c4nc(c(F)cc24)-c2noc(n2)C/C=C\Oc2ccnc(C(C)C)c2-3)[C@@H](C)C1. The van der Waals surface area contributed by atoms with Gasteiger partial charge in [-0.15, -0.1) is 0 Å². The highest BCUT2D eigenvalue weighted by molar-refractivity contribution is 5.91. The maximum absolute atomic E-state index is 15.8. The van der Waals surface area contributed by atoms with E-state index in [2.05, 4.69) is 31.7 Å². The first-order valence-electron chi connectivity index (χ1n) is 13.2. The smallest absolute Gasteiger partial charge is 0.356 e. The van der Waals surface area contributed by atoms with Gasteiger partial charge in [0.1, 0.15) is 17.2 Å². The lowest BCUT2D eigenvalue weighted by Crippen LogP contribution is -2.54. The second kappa shape index (κ2) is 10.2. The highest BCUT2D eigenvalue weighted by atomic mass is 19.1. The number of pyridine rings is 2.